The number of piperazine rings is 1. The number of alkyl halides is 3. The maximum atomic E-state index is 12.6. The van der Waals surface area contributed by atoms with Crippen molar-refractivity contribution in [1.29, 1.82) is 0 Å². The molecule has 0 radical (unpaired) electrons. The number of anilines is 1. The number of hydrogen-bond donors (Lipinski definition) is 0. The zero-order valence-electron chi connectivity index (χ0n) is 11.9. The predicted octanol–water partition coefficient (Wildman–Crippen LogP) is -2.89. The molecule has 1 aromatic rings. The summed E-state index contributed by atoms with van der Waals surface area (Å²) in [5.74, 6) is -2.87. The largest absolute Gasteiger partial charge is 1.00 e. The van der Waals surface area contributed by atoms with Gasteiger partial charge in [0.15, 0.2) is 0 Å². The van der Waals surface area contributed by atoms with Gasteiger partial charge >= 0.3 is 35.7 Å². The molecule has 0 unspecified atom stereocenters. The number of carboxylic acids is 1. The van der Waals surface area contributed by atoms with Gasteiger partial charge in [0, 0.05) is 31.9 Å². The summed E-state index contributed by atoms with van der Waals surface area (Å²) in [6.45, 7) is 0.785. The zero-order chi connectivity index (χ0) is 15.6. The number of carbonyl (C=O) groups excluding carboxylic acids is 2. The number of aliphatic carboxylic acids is 1. The standard InChI is InChI=1S/C13H13F3N2O3.Na/c14-13(15,16)9-2-1-3-10(8-9)17-4-6-18(7-5-17)11(19)12(20)21;/h1-3,8H,4-7H2,(H,20,21);/q;+1/p-1. The van der Waals surface area contributed by atoms with Crippen LogP contribution < -0.4 is 39.6 Å². The second-order valence-corrected chi connectivity index (χ2v) is 4.61. The molecular formula is C13H12F3N2NaO3. The SMILES string of the molecule is O=C([O-])C(=O)N1CCN(c2cccc(C(F)(F)F)c2)CC1.[Na+]. The van der Waals surface area contributed by atoms with E-state index in [1.807, 2.05) is 0 Å². The number of nitrogens with zero attached hydrogens (tertiary/aromatic N) is 2. The first-order chi connectivity index (χ1) is 9.79. The molecule has 1 saturated heterocycles. The molecule has 5 nitrogen and oxygen atoms in total. The molecule has 1 fully saturated rings. The van der Waals surface area contributed by atoms with Gasteiger partial charge in [-0.25, -0.2) is 0 Å². The van der Waals surface area contributed by atoms with Gasteiger partial charge in [0.25, 0.3) is 5.91 Å². The zero-order valence-corrected chi connectivity index (χ0v) is 13.9. The molecule has 0 spiro atoms. The second-order valence-electron chi connectivity index (χ2n) is 4.61. The summed E-state index contributed by atoms with van der Waals surface area (Å²) in [5.41, 5.74) is -0.349. The van der Waals surface area contributed by atoms with Crippen LogP contribution in [-0.4, -0.2) is 43.0 Å². The molecule has 1 amide bonds. The average molecular weight is 324 g/mol. The van der Waals surface area contributed by atoms with Crippen molar-refractivity contribution in [3.63, 3.8) is 0 Å². The molecule has 114 valence electrons. The van der Waals surface area contributed by atoms with E-state index >= 15 is 0 Å². The number of rotatable bonds is 1. The Labute approximate surface area is 147 Å². The third kappa shape index (κ3) is 4.37. The minimum atomic E-state index is -4.41. The van der Waals surface area contributed by atoms with Crippen molar-refractivity contribution in [3.8, 4) is 0 Å². The Morgan fingerprint density at radius 2 is 1.68 bits per heavy atom. The first-order valence-electron chi connectivity index (χ1n) is 6.21. The molecule has 1 aliphatic heterocycles. The molecule has 0 aromatic heterocycles. The van der Waals surface area contributed by atoms with Gasteiger partial charge in [-0.3, -0.25) is 4.79 Å². The number of carbonyl (C=O) groups is 2. The first-order valence-corrected chi connectivity index (χ1v) is 6.21. The average Bonchev–Trinajstić information content (AvgIpc) is 2.46. The van der Waals surface area contributed by atoms with Crippen LogP contribution in [0.5, 0.6) is 0 Å². The summed E-state index contributed by atoms with van der Waals surface area (Å²) in [5, 5.41) is 10.5. The molecule has 0 aliphatic carbocycles. The molecule has 9 heteroatoms. The Kier molecular flexibility index (Phi) is 6.27. The van der Waals surface area contributed by atoms with Gasteiger partial charge < -0.3 is 19.7 Å². The fourth-order valence-electron chi connectivity index (χ4n) is 2.18. The molecule has 1 aliphatic rings. The second kappa shape index (κ2) is 7.34. The fraction of sp³-hybridized carbons (Fsp3) is 0.385. The molecule has 1 aromatic carbocycles. The van der Waals surface area contributed by atoms with Gasteiger partial charge in [-0.2, -0.15) is 13.2 Å². The van der Waals surface area contributed by atoms with Crippen LogP contribution in [0.1, 0.15) is 5.56 Å². The van der Waals surface area contributed by atoms with Crippen LogP contribution in [0, 0.1) is 0 Å². The smallest absolute Gasteiger partial charge is 0.540 e. The summed E-state index contributed by atoms with van der Waals surface area (Å²) in [4.78, 5) is 24.5. The van der Waals surface area contributed by atoms with Gasteiger partial charge in [-0.15, -0.1) is 0 Å². The van der Waals surface area contributed by atoms with Crippen molar-refractivity contribution in [2.24, 2.45) is 0 Å². The molecular weight excluding hydrogens is 312 g/mol. The summed E-state index contributed by atoms with van der Waals surface area (Å²) in [7, 11) is 0. The molecule has 22 heavy (non-hydrogen) atoms. The number of halogens is 3. The fourth-order valence-corrected chi connectivity index (χ4v) is 2.18. The van der Waals surface area contributed by atoms with E-state index < -0.39 is 23.6 Å². The monoisotopic (exact) mass is 324 g/mol. The number of benzene rings is 1. The van der Waals surface area contributed by atoms with Crippen LogP contribution in [0.25, 0.3) is 0 Å². The summed E-state index contributed by atoms with van der Waals surface area (Å²) in [6.07, 6.45) is -4.41. The van der Waals surface area contributed by atoms with Gasteiger partial charge in [-0.1, -0.05) is 6.07 Å². The van der Waals surface area contributed by atoms with Gasteiger partial charge in [-0.05, 0) is 18.2 Å². The summed E-state index contributed by atoms with van der Waals surface area (Å²) in [6, 6.07) is 4.89. The van der Waals surface area contributed by atoms with E-state index in [0.717, 1.165) is 17.0 Å². The Bertz CT molecular complexity index is 558. The maximum absolute atomic E-state index is 12.6. The topological polar surface area (TPSA) is 63.7 Å². The quantitative estimate of drug-likeness (QED) is 0.411. The van der Waals surface area contributed by atoms with Crippen molar-refractivity contribution < 1.29 is 57.4 Å². The first kappa shape index (κ1) is 18.8. The van der Waals surface area contributed by atoms with Crippen LogP contribution in [0.15, 0.2) is 24.3 Å². The molecule has 0 atom stereocenters. The van der Waals surface area contributed by atoms with Crippen molar-refractivity contribution in [1.82, 2.24) is 4.90 Å². The van der Waals surface area contributed by atoms with Crippen molar-refractivity contribution in [2.75, 3.05) is 31.1 Å². The van der Waals surface area contributed by atoms with E-state index in [0.29, 0.717) is 5.69 Å². The van der Waals surface area contributed by atoms with Crippen LogP contribution in [0.3, 0.4) is 0 Å². The van der Waals surface area contributed by atoms with Crippen LogP contribution in [-0.2, 0) is 15.8 Å². The van der Waals surface area contributed by atoms with Crippen molar-refractivity contribution in [2.45, 2.75) is 6.18 Å². The molecule has 2 rings (SSSR count). The van der Waals surface area contributed by atoms with E-state index in [9.17, 15) is 27.9 Å². The van der Waals surface area contributed by atoms with E-state index in [4.69, 9.17) is 0 Å². The van der Waals surface area contributed by atoms with Gasteiger partial charge in [0.1, 0.15) is 5.97 Å². The molecule has 1 heterocycles. The summed E-state index contributed by atoms with van der Waals surface area (Å²) < 4.78 is 37.9. The number of amides is 1. The Hall–Kier alpha value is -1.25. The minimum absolute atomic E-state index is 0. The van der Waals surface area contributed by atoms with E-state index in [1.54, 1.807) is 11.0 Å². The molecule has 0 saturated carbocycles. The Morgan fingerprint density at radius 3 is 2.18 bits per heavy atom. The van der Waals surface area contributed by atoms with Crippen LogP contribution in [0.2, 0.25) is 0 Å². The number of carboxylic acid groups (broad SMARTS) is 1. The third-order valence-electron chi connectivity index (χ3n) is 3.28. The maximum Gasteiger partial charge on any atom is 1.00 e. The number of hydrogen-bond acceptors (Lipinski definition) is 4. The molecule has 0 bridgehead atoms. The van der Waals surface area contributed by atoms with Crippen molar-refractivity contribution >= 4 is 17.6 Å². The van der Waals surface area contributed by atoms with Gasteiger partial charge in [0.2, 0.25) is 0 Å². The van der Waals surface area contributed by atoms with E-state index in [-0.39, 0.29) is 55.7 Å². The molecule has 0 N–H and O–H groups in total. The minimum Gasteiger partial charge on any atom is -0.540 e. The predicted molar refractivity (Wildman–Crippen MR) is 65.2 cm³/mol. The van der Waals surface area contributed by atoms with Gasteiger partial charge in [0.05, 0.1) is 5.56 Å². The van der Waals surface area contributed by atoms with Crippen LogP contribution >= 0.6 is 0 Å². The Balaban J connectivity index is 0.00000242. The van der Waals surface area contributed by atoms with Crippen LogP contribution in [0.4, 0.5) is 18.9 Å². The normalized spacial score (nSPS) is 15.2. The Morgan fingerprint density at radius 1 is 1.09 bits per heavy atom. The van der Waals surface area contributed by atoms with E-state index in [2.05, 4.69) is 0 Å². The van der Waals surface area contributed by atoms with E-state index in [1.165, 1.54) is 6.07 Å². The summed E-state index contributed by atoms with van der Waals surface area (Å²) >= 11 is 0. The van der Waals surface area contributed by atoms with Crippen molar-refractivity contribution in [3.05, 3.63) is 29.8 Å². The third-order valence-corrected chi connectivity index (χ3v) is 3.28.